The minimum absolute atomic E-state index is 0.0633. The number of methoxy groups -OCH3 is 1. The molecule has 1 fully saturated rings. The van der Waals surface area contributed by atoms with E-state index in [0.717, 1.165) is 40.4 Å². The summed E-state index contributed by atoms with van der Waals surface area (Å²) in [6.07, 6.45) is 7.55. The van der Waals surface area contributed by atoms with Crippen LogP contribution in [0.5, 0.6) is 5.88 Å². The Morgan fingerprint density at radius 1 is 1.03 bits per heavy atom. The zero-order chi connectivity index (χ0) is 24.5. The number of hydrogen-bond acceptors (Lipinski definition) is 4. The summed E-state index contributed by atoms with van der Waals surface area (Å²) < 4.78 is 19.2. The fraction of sp³-hybridized carbons (Fsp3) is 0.357. The van der Waals surface area contributed by atoms with E-state index in [1.807, 2.05) is 42.5 Å². The second-order valence-electron chi connectivity index (χ2n) is 8.67. The summed E-state index contributed by atoms with van der Waals surface area (Å²) in [7, 11) is 1.49. The van der Waals surface area contributed by atoms with Crippen LogP contribution in [0.25, 0.3) is 11.1 Å². The number of aromatic nitrogens is 1. The summed E-state index contributed by atoms with van der Waals surface area (Å²) in [5.41, 5.74) is 5.04. The SMILES string of the molecule is C1CC1.COc1cc(-c2ccc(CCc3cc(CC(C)C(=O)O)ccc3CO)cc2)c(F)cn1. The number of pyridine rings is 1. The predicted octanol–water partition coefficient (Wildman–Crippen LogP) is 5.61. The van der Waals surface area contributed by atoms with Gasteiger partial charge in [0.2, 0.25) is 5.88 Å². The van der Waals surface area contributed by atoms with Crippen LogP contribution >= 0.6 is 0 Å². The highest BCUT2D eigenvalue weighted by Gasteiger charge is 2.13. The van der Waals surface area contributed by atoms with Gasteiger partial charge in [0.05, 0.1) is 25.8 Å². The van der Waals surface area contributed by atoms with Crippen LogP contribution < -0.4 is 4.74 Å². The third-order valence-corrected chi connectivity index (χ3v) is 5.75. The molecule has 1 aliphatic rings. The number of rotatable bonds is 9. The minimum atomic E-state index is -0.823. The molecule has 0 amide bonds. The summed E-state index contributed by atoms with van der Waals surface area (Å²) in [5.74, 6) is -1.34. The van der Waals surface area contributed by atoms with Gasteiger partial charge in [0, 0.05) is 11.6 Å². The smallest absolute Gasteiger partial charge is 0.306 e. The van der Waals surface area contributed by atoms with Crippen LogP contribution in [0.1, 0.15) is 48.4 Å². The van der Waals surface area contributed by atoms with Crippen molar-refractivity contribution in [3.8, 4) is 17.0 Å². The molecule has 2 N–H and O–H groups in total. The number of hydrogen-bond donors (Lipinski definition) is 2. The van der Waals surface area contributed by atoms with E-state index in [-0.39, 0.29) is 6.61 Å². The first-order valence-corrected chi connectivity index (χ1v) is 11.6. The van der Waals surface area contributed by atoms with Gasteiger partial charge in [-0.1, -0.05) is 68.7 Å². The molecule has 0 bridgehead atoms. The Bertz CT molecular complexity index is 1090. The van der Waals surface area contributed by atoms with Crippen LogP contribution in [0.2, 0.25) is 0 Å². The first-order chi connectivity index (χ1) is 16.4. The van der Waals surface area contributed by atoms with Crippen molar-refractivity contribution >= 4 is 5.97 Å². The van der Waals surface area contributed by atoms with Crippen molar-refractivity contribution < 1.29 is 24.1 Å². The number of halogens is 1. The number of carbonyl (C=O) groups is 1. The van der Waals surface area contributed by atoms with Gasteiger partial charge in [-0.3, -0.25) is 4.79 Å². The van der Waals surface area contributed by atoms with Crippen molar-refractivity contribution in [1.82, 2.24) is 4.98 Å². The summed E-state index contributed by atoms with van der Waals surface area (Å²) in [6, 6.07) is 14.9. The summed E-state index contributed by atoms with van der Waals surface area (Å²) >= 11 is 0. The molecule has 180 valence electrons. The zero-order valence-corrected chi connectivity index (χ0v) is 19.8. The van der Waals surface area contributed by atoms with E-state index >= 15 is 0 Å². The summed E-state index contributed by atoms with van der Waals surface area (Å²) in [6.45, 7) is 1.62. The highest BCUT2D eigenvalue weighted by molar-refractivity contribution is 5.70. The van der Waals surface area contributed by atoms with Crippen LogP contribution in [0.4, 0.5) is 4.39 Å². The van der Waals surface area contributed by atoms with Gasteiger partial charge < -0.3 is 14.9 Å². The lowest BCUT2D eigenvalue weighted by Gasteiger charge is -2.12. The van der Waals surface area contributed by atoms with Crippen LogP contribution in [0, 0.1) is 11.7 Å². The first-order valence-electron chi connectivity index (χ1n) is 11.6. The second kappa shape index (κ2) is 12.3. The van der Waals surface area contributed by atoms with Crippen LogP contribution in [0.15, 0.2) is 54.7 Å². The number of aryl methyl sites for hydroxylation is 2. The van der Waals surface area contributed by atoms with E-state index in [1.54, 1.807) is 13.0 Å². The Morgan fingerprint density at radius 3 is 2.29 bits per heavy atom. The normalized spacial score (nSPS) is 12.9. The molecule has 1 saturated carbocycles. The van der Waals surface area contributed by atoms with Gasteiger partial charge in [-0.2, -0.15) is 0 Å². The molecule has 1 unspecified atom stereocenters. The molecule has 2 aromatic carbocycles. The number of benzene rings is 2. The van der Waals surface area contributed by atoms with E-state index in [9.17, 15) is 14.3 Å². The Hall–Kier alpha value is -3.25. The molecule has 5 nitrogen and oxygen atoms in total. The van der Waals surface area contributed by atoms with Crippen LogP contribution in [0.3, 0.4) is 0 Å². The Labute approximate surface area is 200 Å². The Morgan fingerprint density at radius 2 is 1.71 bits per heavy atom. The van der Waals surface area contributed by atoms with Crippen molar-refractivity contribution in [3.05, 3.63) is 82.8 Å². The van der Waals surface area contributed by atoms with E-state index in [2.05, 4.69) is 4.98 Å². The second-order valence-corrected chi connectivity index (χ2v) is 8.67. The topological polar surface area (TPSA) is 79.7 Å². The van der Waals surface area contributed by atoms with Crippen molar-refractivity contribution in [2.24, 2.45) is 5.92 Å². The molecule has 6 heteroatoms. The maximum Gasteiger partial charge on any atom is 0.306 e. The van der Waals surface area contributed by atoms with E-state index in [4.69, 9.17) is 9.84 Å². The van der Waals surface area contributed by atoms with Gasteiger partial charge in [-0.15, -0.1) is 0 Å². The van der Waals surface area contributed by atoms with Gasteiger partial charge in [0.15, 0.2) is 0 Å². The number of ether oxygens (including phenoxy) is 1. The molecule has 34 heavy (non-hydrogen) atoms. The largest absolute Gasteiger partial charge is 0.481 e. The standard InChI is InChI=1S/C25H26FNO4.C3H6/c1-16(25(29)30)11-18-6-10-21(15-28)20(12-18)9-5-17-3-7-19(8-4-17)22-13-24(31-2)27-14-23(22)26;1-2-3-1/h3-4,6-8,10,12-14,16,28H,5,9,11,15H2,1-2H3,(H,29,30);1-3H2. The molecule has 0 spiro atoms. The average molecular weight is 466 g/mol. The molecule has 0 aliphatic heterocycles. The molecule has 1 aliphatic carbocycles. The molecule has 1 heterocycles. The van der Waals surface area contributed by atoms with Crippen LogP contribution in [-0.4, -0.2) is 28.3 Å². The molecule has 1 atom stereocenters. The average Bonchev–Trinajstić information content (AvgIpc) is 3.73. The quantitative estimate of drug-likeness (QED) is 0.430. The third kappa shape index (κ3) is 7.39. The van der Waals surface area contributed by atoms with Crippen molar-refractivity contribution in [3.63, 3.8) is 0 Å². The summed E-state index contributed by atoms with van der Waals surface area (Å²) in [4.78, 5) is 15.0. The fourth-order valence-electron chi connectivity index (χ4n) is 3.52. The molecule has 1 aromatic heterocycles. The lowest BCUT2D eigenvalue weighted by molar-refractivity contribution is -0.141. The molecule has 0 radical (unpaired) electrons. The highest BCUT2D eigenvalue weighted by Crippen LogP contribution is 2.26. The number of aliphatic hydroxyl groups is 1. The number of carboxylic acids is 1. The zero-order valence-electron chi connectivity index (χ0n) is 19.8. The molecule has 4 rings (SSSR count). The maximum atomic E-state index is 14.1. The molecule has 0 saturated heterocycles. The van der Waals surface area contributed by atoms with Crippen molar-refractivity contribution in [2.45, 2.75) is 52.1 Å². The van der Waals surface area contributed by atoms with Gasteiger partial charge in [-0.05, 0) is 47.1 Å². The lowest BCUT2D eigenvalue weighted by Crippen LogP contribution is -2.12. The molecular formula is C28H32FNO4. The van der Waals surface area contributed by atoms with E-state index in [0.29, 0.717) is 24.3 Å². The first kappa shape index (κ1) is 25.4. The number of nitrogens with zero attached hydrogens (tertiary/aromatic N) is 1. The lowest BCUT2D eigenvalue weighted by atomic mass is 9.94. The Kier molecular flexibility index (Phi) is 9.16. The number of aliphatic hydroxyl groups excluding tert-OH is 1. The van der Waals surface area contributed by atoms with Crippen molar-refractivity contribution in [1.29, 1.82) is 0 Å². The van der Waals surface area contributed by atoms with Gasteiger partial charge in [0.25, 0.3) is 0 Å². The van der Waals surface area contributed by atoms with E-state index < -0.39 is 17.7 Å². The molecular weight excluding hydrogens is 433 g/mol. The van der Waals surface area contributed by atoms with Gasteiger partial charge >= 0.3 is 5.97 Å². The monoisotopic (exact) mass is 465 g/mol. The third-order valence-electron chi connectivity index (χ3n) is 5.75. The highest BCUT2D eigenvalue weighted by atomic mass is 19.1. The summed E-state index contributed by atoms with van der Waals surface area (Å²) in [5, 5.41) is 18.8. The predicted molar refractivity (Wildman–Crippen MR) is 130 cm³/mol. The number of carboxylic acid groups (broad SMARTS) is 1. The Balaban J connectivity index is 0.000000999. The van der Waals surface area contributed by atoms with E-state index in [1.165, 1.54) is 26.4 Å². The van der Waals surface area contributed by atoms with Crippen LogP contribution in [-0.2, 0) is 30.7 Å². The maximum absolute atomic E-state index is 14.1. The van der Waals surface area contributed by atoms with Gasteiger partial charge in [0.1, 0.15) is 5.82 Å². The number of aliphatic carboxylic acids is 1. The van der Waals surface area contributed by atoms with Crippen molar-refractivity contribution in [2.75, 3.05) is 7.11 Å². The molecule has 3 aromatic rings. The minimum Gasteiger partial charge on any atom is -0.481 e. The van der Waals surface area contributed by atoms with Gasteiger partial charge in [-0.25, -0.2) is 9.37 Å². The fourth-order valence-corrected chi connectivity index (χ4v) is 3.52.